The fraction of sp³-hybridized carbons (Fsp3) is 0.417. The third-order valence-electron chi connectivity index (χ3n) is 5.03. The Morgan fingerprint density at radius 1 is 1.03 bits per heavy atom. The summed E-state index contributed by atoms with van der Waals surface area (Å²) in [6.45, 7) is 10.7. The smallest absolute Gasteiger partial charge is 0.191 e. The molecule has 3 rings (SSSR count). The van der Waals surface area contributed by atoms with Crippen LogP contribution in [0.1, 0.15) is 37.2 Å². The summed E-state index contributed by atoms with van der Waals surface area (Å²) in [4.78, 5) is 9.42. The molecule has 31 heavy (non-hydrogen) atoms. The van der Waals surface area contributed by atoms with Crippen LogP contribution in [0.5, 0.6) is 0 Å². The van der Waals surface area contributed by atoms with E-state index in [1.165, 1.54) is 16.6 Å². The number of imidazole rings is 1. The number of ether oxygens (including phenoxy) is 1. The highest BCUT2D eigenvalue weighted by molar-refractivity contribution is 14.0. The van der Waals surface area contributed by atoms with Crippen LogP contribution in [0.25, 0.3) is 11.0 Å². The van der Waals surface area contributed by atoms with Crippen molar-refractivity contribution < 1.29 is 4.74 Å². The van der Waals surface area contributed by atoms with Gasteiger partial charge in [0.15, 0.2) is 5.96 Å². The van der Waals surface area contributed by atoms with Gasteiger partial charge in [0.25, 0.3) is 0 Å². The summed E-state index contributed by atoms with van der Waals surface area (Å²) in [6.07, 6.45) is 0.993. The van der Waals surface area contributed by atoms with Crippen LogP contribution < -0.4 is 10.6 Å². The summed E-state index contributed by atoms with van der Waals surface area (Å²) < 4.78 is 7.87. The number of guanidine groups is 1. The standard InChI is InChI=1S/C24H33N5O.HI/c1-4-25-24(27-17-20-11-6-7-12-21(20)18-30-5-2)26-15-10-16-29-19(3)28-22-13-8-9-14-23(22)29;/h6-9,11-14H,4-5,10,15-18H2,1-3H3,(H2,25,26,27);1H. The number of nitrogens with zero attached hydrogens (tertiary/aromatic N) is 3. The second-order valence-electron chi connectivity index (χ2n) is 7.18. The minimum atomic E-state index is 0. The Hall–Kier alpha value is -2.13. The first-order valence-electron chi connectivity index (χ1n) is 10.8. The highest BCUT2D eigenvalue weighted by Crippen LogP contribution is 2.15. The van der Waals surface area contributed by atoms with Gasteiger partial charge in [-0.05, 0) is 50.5 Å². The second-order valence-corrected chi connectivity index (χ2v) is 7.18. The zero-order chi connectivity index (χ0) is 21.2. The highest BCUT2D eigenvalue weighted by Gasteiger charge is 2.06. The van der Waals surface area contributed by atoms with Crippen LogP contribution >= 0.6 is 24.0 Å². The Morgan fingerprint density at radius 2 is 1.77 bits per heavy atom. The lowest BCUT2D eigenvalue weighted by atomic mass is 10.1. The lowest BCUT2D eigenvalue weighted by molar-refractivity contribution is 0.133. The Labute approximate surface area is 202 Å². The zero-order valence-corrected chi connectivity index (χ0v) is 21.1. The molecule has 0 aliphatic heterocycles. The molecular formula is C24H34IN5O. The number of hydrogen-bond donors (Lipinski definition) is 2. The minimum absolute atomic E-state index is 0. The molecule has 0 unspecified atom stereocenters. The quantitative estimate of drug-likeness (QED) is 0.172. The number of aliphatic imine (C=N–C) groups is 1. The number of aromatic nitrogens is 2. The van der Waals surface area contributed by atoms with E-state index in [-0.39, 0.29) is 24.0 Å². The van der Waals surface area contributed by atoms with Gasteiger partial charge in [0.1, 0.15) is 5.82 Å². The number of aryl methyl sites for hydroxylation is 2. The summed E-state index contributed by atoms with van der Waals surface area (Å²) in [6, 6.07) is 16.6. The Kier molecular flexibility index (Phi) is 10.8. The summed E-state index contributed by atoms with van der Waals surface area (Å²) in [5, 5.41) is 6.80. The van der Waals surface area contributed by atoms with E-state index >= 15 is 0 Å². The maximum atomic E-state index is 5.58. The van der Waals surface area contributed by atoms with Crippen molar-refractivity contribution in [2.45, 2.75) is 46.9 Å². The number of halogens is 1. The molecule has 1 aromatic heterocycles. The molecule has 7 heteroatoms. The molecule has 0 fully saturated rings. The predicted molar refractivity (Wildman–Crippen MR) is 139 cm³/mol. The predicted octanol–water partition coefficient (Wildman–Crippen LogP) is 4.64. The molecule has 2 aromatic carbocycles. The third kappa shape index (κ3) is 7.21. The molecule has 168 valence electrons. The van der Waals surface area contributed by atoms with Crippen LogP contribution in [0, 0.1) is 6.92 Å². The molecule has 3 aromatic rings. The number of rotatable bonds is 10. The van der Waals surface area contributed by atoms with Gasteiger partial charge in [-0.25, -0.2) is 9.98 Å². The highest BCUT2D eigenvalue weighted by atomic mass is 127. The van der Waals surface area contributed by atoms with Crippen molar-refractivity contribution in [2.75, 3.05) is 19.7 Å². The van der Waals surface area contributed by atoms with E-state index in [1.807, 2.05) is 19.1 Å². The van der Waals surface area contributed by atoms with Crippen molar-refractivity contribution in [1.29, 1.82) is 0 Å². The van der Waals surface area contributed by atoms with Gasteiger partial charge in [-0.15, -0.1) is 24.0 Å². The molecule has 0 saturated carbocycles. The first kappa shape index (κ1) is 25.1. The van der Waals surface area contributed by atoms with Crippen molar-refractivity contribution in [3.63, 3.8) is 0 Å². The third-order valence-corrected chi connectivity index (χ3v) is 5.03. The van der Waals surface area contributed by atoms with E-state index in [2.05, 4.69) is 70.4 Å². The monoisotopic (exact) mass is 535 g/mol. The molecule has 0 amide bonds. The molecule has 0 aliphatic rings. The summed E-state index contributed by atoms with van der Waals surface area (Å²) in [7, 11) is 0. The molecule has 2 N–H and O–H groups in total. The molecule has 6 nitrogen and oxygen atoms in total. The Balaban J connectivity index is 0.00000341. The van der Waals surface area contributed by atoms with E-state index in [0.29, 0.717) is 19.8 Å². The normalized spacial score (nSPS) is 11.4. The van der Waals surface area contributed by atoms with Crippen LogP contribution in [-0.2, 0) is 24.4 Å². The molecule has 0 saturated heterocycles. The van der Waals surface area contributed by atoms with E-state index in [0.717, 1.165) is 43.4 Å². The lowest BCUT2D eigenvalue weighted by Gasteiger charge is -2.13. The lowest BCUT2D eigenvalue weighted by Crippen LogP contribution is -2.38. The number of benzene rings is 2. The fourth-order valence-corrected chi connectivity index (χ4v) is 3.49. The van der Waals surface area contributed by atoms with Gasteiger partial charge in [0.05, 0.1) is 24.2 Å². The Morgan fingerprint density at radius 3 is 2.55 bits per heavy atom. The van der Waals surface area contributed by atoms with E-state index in [1.54, 1.807) is 0 Å². The summed E-state index contributed by atoms with van der Waals surface area (Å²) in [5.41, 5.74) is 4.65. The van der Waals surface area contributed by atoms with Gasteiger partial charge in [-0.1, -0.05) is 36.4 Å². The molecule has 0 atom stereocenters. The van der Waals surface area contributed by atoms with Gasteiger partial charge in [0.2, 0.25) is 0 Å². The van der Waals surface area contributed by atoms with E-state index in [4.69, 9.17) is 9.73 Å². The van der Waals surface area contributed by atoms with Gasteiger partial charge < -0.3 is 19.9 Å². The SMILES string of the molecule is CCNC(=NCc1ccccc1COCC)NCCCn1c(C)nc2ccccc21.I. The average molecular weight is 535 g/mol. The van der Waals surface area contributed by atoms with Gasteiger partial charge in [0, 0.05) is 26.2 Å². The minimum Gasteiger partial charge on any atom is -0.377 e. The topological polar surface area (TPSA) is 63.5 Å². The molecule has 0 aliphatic carbocycles. The molecule has 0 radical (unpaired) electrons. The molecule has 0 bridgehead atoms. The van der Waals surface area contributed by atoms with Crippen LogP contribution in [0.15, 0.2) is 53.5 Å². The number of nitrogens with one attached hydrogen (secondary N) is 2. The average Bonchev–Trinajstić information content (AvgIpc) is 3.09. The Bertz CT molecular complexity index is 970. The maximum Gasteiger partial charge on any atom is 0.191 e. The molecule has 1 heterocycles. The van der Waals surface area contributed by atoms with Crippen LogP contribution in [0.3, 0.4) is 0 Å². The van der Waals surface area contributed by atoms with Crippen LogP contribution in [-0.4, -0.2) is 35.2 Å². The summed E-state index contributed by atoms with van der Waals surface area (Å²) >= 11 is 0. The van der Waals surface area contributed by atoms with E-state index < -0.39 is 0 Å². The van der Waals surface area contributed by atoms with E-state index in [9.17, 15) is 0 Å². The number of hydrogen-bond acceptors (Lipinski definition) is 3. The number of para-hydroxylation sites is 2. The van der Waals surface area contributed by atoms with Crippen molar-refractivity contribution in [2.24, 2.45) is 4.99 Å². The van der Waals surface area contributed by atoms with Crippen molar-refractivity contribution in [3.05, 3.63) is 65.5 Å². The van der Waals surface area contributed by atoms with Gasteiger partial charge in [-0.2, -0.15) is 0 Å². The molecule has 0 spiro atoms. The van der Waals surface area contributed by atoms with Crippen molar-refractivity contribution in [3.8, 4) is 0 Å². The van der Waals surface area contributed by atoms with Crippen LogP contribution in [0.2, 0.25) is 0 Å². The number of fused-ring (bicyclic) bond motifs is 1. The van der Waals surface area contributed by atoms with Crippen LogP contribution in [0.4, 0.5) is 0 Å². The first-order chi connectivity index (χ1) is 14.7. The largest absolute Gasteiger partial charge is 0.377 e. The second kappa shape index (κ2) is 13.3. The first-order valence-corrected chi connectivity index (χ1v) is 10.8. The molecular weight excluding hydrogens is 501 g/mol. The zero-order valence-electron chi connectivity index (χ0n) is 18.7. The fourth-order valence-electron chi connectivity index (χ4n) is 3.49. The van der Waals surface area contributed by atoms with Crippen molar-refractivity contribution >= 4 is 41.0 Å². The van der Waals surface area contributed by atoms with Gasteiger partial charge in [-0.3, -0.25) is 0 Å². The van der Waals surface area contributed by atoms with Crippen molar-refractivity contribution in [1.82, 2.24) is 20.2 Å². The summed E-state index contributed by atoms with van der Waals surface area (Å²) in [5.74, 6) is 1.90. The maximum absolute atomic E-state index is 5.58. The van der Waals surface area contributed by atoms with Gasteiger partial charge >= 0.3 is 0 Å².